The van der Waals surface area contributed by atoms with Crippen LogP contribution in [0.25, 0.3) is 0 Å². The summed E-state index contributed by atoms with van der Waals surface area (Å²) in [6.45, 7) is 1.90. The monoisotopic (exact) mass is 426 g/mol. The highest BCUT2D eigenvalue weighted by Gasteiger charge is 2.40. The molecule has 0 spiro atoms. The van der Waals surface area contributed by atoms with E-state index >= 15 is 0 Å². The van der Waals surface area contributed by atoms with E-state index in [0.717, 1.165) is 0 Å². The summed E-state index contributed by atoms with van der Waals surface area (Å²) in [4.78, 5) is 13.1. The van der Waals surface area contributed by atoms with E-state index < -0.39 is 11.5 Å². The lowest BCUT2D eigenvalue weighted by Crippen LogP contribution is -2.44. The first-order valence-electron chi connectivity index (χ1n) is 9.12. The number of hydrazone groups is 1. The van der Waals surface area contributed by atoms with Crippen LogP contribution >= 0.6 is 23.2 Å². The van der Waals surface area contributed by atoms with E-state index in [1.54, 1.807) is 66.7 Å². The van der Waals surface area contributed by atoms with Crippen molar-refractivity contribution >= 4 is 34.8 Å². The number of carbonyl (C=O) groups excluding carboxylic acids is 1. The maximum absolute atomic E-state index is 13.1. The van der Waals surface area contributed by atoms with Gasteiger partial charge >= 0.3 is 0 Å². The molecule has 3 aromatic carbocycles. The third kappa shape index (κ3) is 4.51. The lowest BCUT2D eigenvalue weighted by Gasteiger charge is -2.27. The molecular formula is C23H20Cl2N2O2. The largest absolute Gasteiger partial charge is 0.372 e. The number of benzene rings is 3. The first kappa shape index (κ1) is 21.1. The van der Waals surface area contributed by atoms with Crippen molar-refractivity contribution in [3.8, 4) is 0 Å². The molecule has 0 atom stereocenters. The number of carbonyl (C=O) groups is 1. The van der Waals surface area contributed by atoms with Gasteiger partial charge in [0.25, 0.3) is 5.91 Å². The number of rotatable bonds is 6. The summed E-state index contributed by atoms with van der Waals surface area (Å²) in [5.41, 5.74) is 2.76. The van der Waals surface area contributed by atoms with Crippen molar-refractivity contribution in [1.82, 2.24) is 5.43 Å². The molecule has 0 aliphatic carbocycles. The van der Waals surface area contributed by atoms with Gasteiger partial charge < -0.3 is 5.11 Å². The van der Waals surface area contributed by atoms with Crippen LogP contribution in [-0.4, -0.2) is 16.7 Å². The van der Waals surface area contributed by atoms with Gasteiger partial charge in [0.2, 0.25) is 0 Å². The average molecular weight is 427 g/mol. The number of aliphatic hydroxyl groups is 1. The Morgan fingerprint density at radius 3 is 2.00 bits per heavy atom. The molecule has 0 saturated carbocycles. The molecule has 0 aliphatic rings. The van der Waals surface area contributed by atoms with Crippen LogP contribution < -0.4 is 5.43 Å². The van der Waals surface area contributed by atoms with Crippen molar-refractivity contribution in [3.63, 3.8) is 0 Å². The fourth-order valence-corrected chi connectivity index (χ4v) is 3.56. The minimum atomic E-state index is -1.89. The van der Waals surface area contributed by atoms with Gasteiger partial charge in [-0.3, -0.25) is 4.79 Å². The molecule has 0 radical (unpaired) electrons. The Morgan fingerprint density at radius 1 is 0.966 bits per heavy atom. The average Bonchev–Trinajstić information content (AvgIpc) is 2.75. The summed E-state index contributed by atoms with van der Waals surface area (Å²) in [6.07, 6.45) is 0.525. The van der Waals surface area contributed by atoms with E-state index in [4.69, 9.17) is 23.2 Å². The predicted molar refractivity (Wildman–Crippen MR) is 117 cm³/mol. The van der Waals surface area contributed by atoms with Gasteiger partial charge in [-0.25, -0.2) is 5.43 Å². The molecule has 6 heteroatoms. The number of nitrogens with zero attached hydrogens (tertiary/aromatic N) is 1. The number of hydrogen-bond donors (Lipinski definition) is 2. The molecule has 0 aliphatic heterocycles. The Hall–Kier alpha value is -2.66. The fraction of sp³-hybridized carbons (Fsp3) is 0.130. The van der Waals surface area contributed by atoms with Crippen molar-refractivity contribution in [2.24, 2.45) is 5.10 Å². The van der Waals surface area contributed by atoms with E-state index in [-0.39, 0.29) is 0 Å². The molecule has 3 rings (SSSR count). The zero-order valence-electron chi connectivity index (χ0n) is 15.8. The quantitative estimate of drug-likeness (QED) is 0.422. The lowest BCUT2D eigenvalue weighted by atomic mass is 9.85. The molecule has 148 valence electrons. The van der Waals surface area contributed by atoms with Crippen LogP contribution in [0.3, 0.4) is 0 Å². The van der Waals surface area contributed by atoms with Gasteiger partial charge in [-0.15, -0.1) is 0 Å². The summed E-state index contributed by atoms with van der Waals surface area (Å²) >= 11 is 12.2. The third-order valence-corrected chi connectivity index (χ3v) is 5.13. The molecule has 0 heterocycles. The van der Waals surface area contributed by atoms with Gasteiger partial charge in [-0.05, 0) is 29.7 Å². The molecule has 0 saturated heterocycles. The Morgan fingerprint density at radius 2 is 1.52 bits per heavy atom. The van der Waals surface area contributed by atoms with Crippen LogP contribution in [0.5, 0.6) is 0 Å². The van der Waals surface area contributed by atoms with Gasteiger partial charge in [0, 0.05) is 10.6 Å². The lowest BCUT2D eigenvalue weighted by molar-refractivity contribution is -0.136. The normalized spacial score (nSPS) is 11.9. The van der Waals surface area contributed by atoms with Gasteiger partial charge in [-0.1, -0.05) is 96.9 Å². The molecule has 3 aromatic rings. The summed E-state index contributed by atoms with van der Waals surface area (Å²) in [6, 6.07) is 22.6. The second-order valence-corrected chi connectivity index (χ2v) is 7.26. The van der Waals surface area contributed by atoms with Crippen LogP contribution in [0.4, 0.5) is 0 Å². The minimum Gasteiger partial charge on any atom is -0.372 e. The van der Waals surface area contributed by atoms with E-state index in [1.807, 2.05) is 19.1 Å². The summed E-state index contributed by atoms with van der Waals surface area (Å²) in [7, 11) is 0. The first-order chi connectivity index (χ1) is 14.0. The van der Waals surface area contributed by atoms with Gasteiger partial charge in [0.05, 0.1) is 10.7 Å². The Bertz CT molecular complexity index is 982. The van der Waals surface area contributed by atoms with Crippen molar-refractivity contribution < 1.29 is 9.90 Å². The maximum Gasteiger partial charge on any atom is 0.281 e. The SMILES string of the molecule is CCC(=NNC(=O)C(O)(c1ccccc1)c1ccccc1)c1ccc(Cl)cc1Cl. The van der Waals surface area contributed by atoms with E-state index in [0.29, 0.717) is 38.9 Å². The summed E-state index contributed by atoms with van der Waals surface area (Å²) < 4.78 is 0. The van der Waals surface area contributed by atoms with Crippen LogP contribution in [0.2, 0.25) is 10.0 Å². The smallest absolute Gasteiger partial charge is 0.281 e. The maximum atomic E-state index is 13.1. The fourth-order valence-electron chi connectivity index (χ4n) is 3.04. The number of halogens is 2. The van der Waals surface area contributed by atoms with E-state index in [9.17, 15) is 9.90 Å². The highest BCUT2D eigenvalue weighted by Crippen LogP contribution is 2.30. The molecule has 1 amide bonds. The highest BCUT2D eigenvalue weighted by atomic mass is 35.5. The predicted octanol–water partition coefficient (Wildman–Crippen LogP) is 5.16. The molecule has 0 bridgehead atoms. The van der Waals surface area contributed by atoms with Crippen LogP contribution in [0.1, 0.15) is 30.0 Å². The van der Waals surface area contributed by atoms with Crippen molar-refractivity contribution in [1.29, 1.82) is 0 Å². The standard InChI is InChI=1S/C23H20Cl2N2O2/c1-2-21(19-14-13-18(24)15-20(19)25)26-27-22(28)23(29,16-9-5-3-6-10-16)17-11-7-4-8-12-17/h3-15,29H,2H2,1H3,(H,27,28). The number of nitrogens with one attached hydrogen (secondary N) is 1. The summed E-state index contributed by atoms with van der Waals surface area (Å²) in [5, 5.41) is 16.6. The molecule has 0 fully saturated rings. The third-order valence-electron chi connectivity index (χ3n) is 4.58. The van der Waals surface area contributed by atoms with Gasteiger partial charge in [-0.2, -0.15) is 5.10 Å². The second-order valence-electron chi connectivity index (χ2n) is 6.42. The van der Waals surface area contributed by atoms with Crippen LogP contribution in [0.15, 0.2) is 84.0 Å². The second kappa shape index (κ2) is 9.23. The zero-order chi connectivity index (χ0) is 20.9. The molecule has 2 N–H and O–H groups in total. The van der Waals surface area contributed by atoms with Crippen molar-refractivity contribution in [2.75, 3.05) is 0 Å². The molecule has 29 heavy (non-hydrogen) atoms. The molecule has 4 nitrogen and oxygen atoms in total. The van der Waals surface area contributed by atoms with Gasteiger partial charge in [0.1, 0.15) is 0 Å². The Balaban J connectivity index is 1.98. The Labute approximate surface area is 179 Å². The first-order valence-corrected chi connectivity index (χ1v) is 9.88. The van der Waals surface area contributed by atoms with Crippen LogP contribution in [0, 0.1) is 0 Å². The summed E-state index contributed by atoms with van der Waals surface area (Å²) in [5.74, 6) is -0.661. The van der Waals surface area contributed by atoms with E-state index in [2.05, 4.69) is 10.5 Å². The molecule has 0 unspecified atom stereocenters. The van der Waals surface area contributed by atoms with E-state index in [1.165, 1.54) is 0 Å². The minimum absolute atomic E-state index is 0.439. The number of amides is 1. The topological polar surface area (TPSA) is 61.7 Å². The van der Waals surface area contributed by atoms with Crippen molar-refractivity contribution in [3.05, 3.63) is 106 Å². The molecular weight excluding hydrogens is 407 g/mol. The number of hydrogen-bond acceptors (Lipinski definition) is 3. The van der Waals surface area contributed by atoms with Gasteiger partial charge in [0.15, 0.2) is 5.60 Å². The van der Waals surface area contributed by atoms with Crippen molar-refractivity contribution in [2.45, 2.75) is 18.9 Å². The zero-order valence-corrected chi connectivity index (χ0v) is 17.3. The van der Waals surface area contributed by atoms with Crippen LogP contribution in [-0.2, 0) is 10.4 Å². The highest BCUT2D eigenvalue weighted by molar-refractivity contribution is 6.37. The Kier molecular flexibility index (Phi) is 6.70. The molecule has 0 aromatic heterocycles.